The van der Waals surface area contributed by atoms with E-state index in [4.69, 9.17) is 16.9 Å². The Bertz CT molecular complexity index is 385. The van der Waals surface area contributed by atoms with Gasteiger partial charge in [-0.1, -0.05) is 25.4 Å². The van der Waals surface area contributed by atoms with E-state index in [2.05, 4.69) is 27.3 Å². The van der Waals surface area contributed by atoms with Crippen LogP contribution in [-0.2, 0) is 0 Å². The van der Waals surface area contributed by atoms with Gasteiger partial charge in [-0.05, 0) is 40.0 Å². The van der Waals surface area contributed by atoms with Crippen LogP contribution in [0.4, 0.5) is 5.69 Å². The topological polar surface area (TPSA) is 35.8 Å². The van der Waals surface area contributed by atoms with E-state index in [0.29, 0.717) is 5.02 Å². The summed E-state index contributed by atoms with van der Waals surface area (Å²) >= 11 is 9.21. The van der Waals surface area contributed by atoms with E-state index in [0.717, 1.165) is 10.2 Å². The summed E-state index contributed by atoms with van der Waals surface area (Å²) in [6.07, 6.45) is 0. The van der Waals surface area contributed by atoms with Crippen molar-refractivity contribution in [3.8, 4) is 6.07 Å². The van der Waals surface area contributed by atoms with Crippen molar-refractivity contribution in [2.75, 3.05) is 5.32 Å². The first-order chi connectivity index (χ1) is 7.04. The number of halogens is 2. The van der Waals surface area contributed by atoms with E-state index >= 15 is 0 Å². The highest BCUT2D eigenvalue weighted by Crippen LogP contribution is 2.26. The second-order valence-corrected chi connectivity index (χ2v) is 4.89. The zero-order valence-electron chi connectivity index (χ0n) is 8.59. The van der Waals surface area contributed by atoms with Gasteiger partial charge in [0.2, 0.25) is 0 Å². The van der Waals surface area contributed by atoms with Crippen LogP contribution in [0.25, 0.3) is 0 Å². The van der Waals surface area contributed by atoms with Crippen LogP contribution in [0, 0.1) is 17.2 Å². The van der Waals surface area contributed by atoms with Crippen molar-refractivity contribution in [2.24, 2.45) is 5.92 Å². The average molecular weight is 288 g/mol. The van der Waals surface area contributed by atoms with Gasteiger partial charge in [0.15, 0.2) is 0 Å². The lowest BCUT2D eigenvalue weighted by atomic mass is 10.1. The summed E-state index contributed by atoms with van der Waals surface area (Å²) in [5.74, 6) is 0.268. The number of nitriles is 1. The fourth-order valence-corrected chi connectivity index (χ4v) is 1.61. The molecule has 2 nitrogen and oxygen atoms in total. The minimum atomic E-state index is -0.182. The molecule has 0 aliphatic carbocycles. The standard InChI is InChI=1S/C11H12BrClN2/c1-7(2)11(6-14)15-8-3-4-10(13)9(12)5-8/h3-5,7,11,15H,1-2H3. The minimum absolute atomic E-state index is 0.182. The third-order valence-corrected chi connectivity index (χ3v) is 3.26. The lowest BCUT2D eigenvalue weighted by Crippen LogP contribution is -2.23. The molecule has 1 atom stereocenters. The summed E-state index contributed by atoms with van der Waals surface area (Å²) in [6, 6.07) is 7.57. The summed E-state index contributed by atoms with van der Waals surface area (Å²) < 4.78 is 0.828. The van der Waals surface area contributed by atoms with Crippen LogP contribution in [0.2, 0.25) is 5.02 Å². The molecule has 0 aliphatic heterocycles. The van der Waals surface area contributed by atoms with Gasteiger partial charge in [-0.2, -0.15) is 5.26 Å². The number of hydrogen-bond acceptors (Lipinski definition) is 2. The van der Waals surface area contributed by atoms with Gasteiger partial charge in [-0.15, -0.1) is 0 Å². The Kier molecular flexibility index (Phi) is 4.44. The van der Waals surface area contributed by atoms with E-state index in [1.807, 2.05) is 26.0 Å². The van der Waals surface area contributed by atoms with E-state index < -0.39 is 0 Å². The Hall–Kier alpha value is -0.720. The van der Waals surface area contributed by atoms with Crippen LogP contribution in [0.15, 0.2) is 22.7 Å². The van der Waals surface area contributed by atoms with Gasteiger partial charge >= 0.3 is 0 Å². The Labute approximate surface area is 103 Å². The number of benzene rings is 1. The van der Waals surface area contributed by atoms with Gasteiger partial charge in [0.05, 0.1) is 11.1 Å². The van der Waals surface area contributed by atoms with Crippen molar-refractivity contribution in [3.05, 3.63) is 27.7 Å². The second-order valence-electron chi connectivity index (χ2n) is 3.62. The fraction of sp³-hybridized carbons (Fsp3) is 0.364. The van der Waals surface area contributed by atoms with Gasteiger partial charge in [0.25, 0.3) is 0 Å². The molecule has 0 bridgehead atoms. The maximum atomic E-state index is 8.93. The SMILES string of the molecule is CC(C)C(C#N)Nc1ccc(Cl)c(Br)c1. The monoisotopic (exact) mass is 286 g/mol. The van der Waals surface area contributed by atoms with E-state index in [-0.39, 0.29) is 12.0 Å². The van der Waals surface area contributed by atoms with Crippen LogP contribution < -0.4 is 5.32 Å². The Morgan fingerprint density at radius 2 is 2.13 bits per heavy atom. The highest BCUT2D eigenvalue weighted by molar-refractivity contribution is 9.10. The number of anilines is 1. The van der Waals surface area contributed by atoms with Crippen molar-refractivity contribution >= 4 is 33.2 Å². The van der Waals surface area contributed by atoms with Crippen LogP contribution in [0.3, 0.4) is 0 Å². The maximum absolute atomic E-state index is 8.93. The van der Waals surface area contributed by atoms with E-state index in [1.54, 1.807) is 6.07 Å². The third-order valence-electron chi connectivity index (χ3n) is 2.05. The molecule has 0 amide bonds. The van der Waals surface area contributed by atoms with Crippen molar-refractivity contribution in [3.63, 3.8) is 0 Å². The van der Waals surface area contributed by atoms with Crippen molar-refractivity contribution in [2.45, 2.75) is 19.9 Å². The minimum Gasteiger partial charge on any atom is -0.370 e. The van der Waals surface area contributed by atoms with Crippen LogP contribution in [0.5, 0.6) is 0 Å². The van der Waals surface area contributed by atoms with Gasteiger partial charge in [0, 0.05) is 10.2 Å². The average Bonchev–Trinajstić information content (AvgIpc) is 2.19. The Balaban J connectivity index is 2.81. The zero-order valence-corrected chi connectivity index (χ0v) is 10.9. The first kappa shape index (κ1) is 12.4. The number of rotatable bonds is 3. The van der Waals surface area contributed by atoms with Crippen molar-refractivity contribution in [1.29, 1.82) is 5.26 Å². The molecule has 0 aromatic heterocycles. The van der Waals surface area contributed by atoms with Crippen LogP contribution >= 0.6 is 27.5 Å². The quantitative estimate of drug-likeness (QED) is 0.910. The number of nitrogens with one attached hydrogen (secondary N) is 1. The van der Waals surface area contributed by atoms with Crippen LogP contribution in [0.1, 0.15) is 13.8 Å². The molecule has 0 saturated heterocycles. The lowest BCUT2D eigenvalue weighted by Gasteiger charge is -2.16. The van der Waals surface area contributed by atoms with E-state index in [9.17, 15) is 0 Å². The van der Waals surface area contributed by atoms with Crippen LogP contribution in [-0.4, -0.2) is 6.04 Å². The predicted molar refractivity (Wildman–Crippen MR) is 67.0 cm³/mol. The normalized spacial score (nSPS) is 12.3. The summed E-state index contributed by atoms with van der Waals surface area (Å²) in [6.45, 7) is 4.01. The molecule has 1 aromatic carbocycles. The van der Waals surface area contributed by atoms with Gasteiger partial charge in [-0.3, -0.25) is 0 Å². The molecular formula is C11H12BrClN2. The Morgan fingerprint density at radius 3 is 2.60 bits per heavy atom. The van der Waals surface area contributed by atoms with Crippen molar-refractivity contribution in [1.82, 2.24) is 0 Å². The molecule has 1 aromatic rings. The number of nitrogens with zero attached hydrogens (tertiary/aromatic N) is 1. The maximum Gasteiger partial charge on any atom is 0.116 e. The highest BCUT2D eigenvalue weighted by Gasteiger charge is 2.11. The molecule has 80 valence electrons. The molecule has 0 fully saturated rings. The first-order valence-electron chi connectivity index (χ1n) is 4.65. The fourth-order valence-electron chi connectivity index (χ4n) is 1.11. The third kappa shape index (κ3) is 3.40. The molecular weight excluding hydrogens is 275 g/mol. The molecule has 0 radical (unpaired) electrons. The molecule has 0 spiro atoms. The largest absolute Gasteiger partial charge is 0.370 e. The molecule has 0 heterocycles. The molecule has 4 heteroatoms. The number of hydrogen-bond donors (Lipinski definition) is 1. The molecule has 15 heavy (non-hydrogen) atoms. The molecule has 1 unspecified atom stereocenters. The smallest absolute Gasteiger partial charge is 0.116 e. The van der Waals surface area contributed by atoms with Gasteiger partial charge in [-0.25, -0.2) is 0 Å². The molecule has 1 rings (SSSR count). The Morgan fingerprint density at radius 1 is 1.47 bits per heavy atom. The first-order valence-corrected chi connectivity index (χ1v) is 5.83. The van der Waals surface area contributed by atoms with E-state index in [1.165, 1.54) is 0 Å². The zero-order chi connectivity index (χ0) is 11.4. The predicted octanol–water partition coefficient (Wildman–Crippen LogP) is 4.06. The molecule has 0 saturated carbocycles. The second kappa shape index (κ2) is 5.39. The summed E-state index contributed by atoms with van der Waals surface area (Å²) in [5, 5.41) is 12.7. The van der Waals surface area contributed by atoms with Gasteiger partial charge in [0.1, 0.15) is 6.04 Å². The molecule has 1 N–H and O–H groups in total. The summed E-state index contributed by atoms with van der Waals surface area (Å²) in [7, 11) is 0. The highest BCUT2D eigenvalue weighted by atomic mass is 79.9. The van der Waals surface area contributed by atoms with Crippen molar-refractivity contribution < 1.29 is 0 Å². The summed E-state index contributed by atoms with van der Waals surface area (Å²) in [5.41, 5.74) is 0.895. The summed E-state index contributed by atoms with van der Waals surface area (Å²) in [4.78, 5) is 0. The van der Waals surface area contributed by atoms with Gasteiger partial charge < -0.3 is 5.32 Å². The molecule has 0 aliphatic rings. The lowest BCUT2D eigenvalue weighted by molar-refractivity contribution is 0.609.